The zero-order chi connectivity index (χ0) is 52.0. The van der Waals surface area contributed by atoms with Gasteiger partial charge in [0.15, 0.2) is 0 Å². The third-order valence-corrected chi connectivity index (χ3v) is 14.7. The molecule has 0 spiro atoms. The molecule has 0 fully saturated rings. The summed E-state index contributed by atoms with van der Waals surface area (Å²) in [4.78, 5) is 25.5. The molecule has 0 heterocycles. The number of carbonyl (C=O) groups excluding carboxylic acids is 1. The first kappa shape index (κ1) is 69.5. The molecule has 0 aliphatic rings. The largest absolute Gasteiger partial charge is 0.756 e. The van der Waals surface area contributed by atoms with Gasteiger partial charge in [0, 0.05) is 6.42 Å². The number of carbonyl (C=O) groups is 1. The van der Waals surface area contributed by atoms with Crippen LogP contribution in [0, 0.1) is 0 Å². The highest BCUT2D eigenvalue weighted by Gasteiger charge is 2.23. The van der Waals surface area contributed by atoms with Gasteiger partial charge in [0.2, 0.25) is 5.91 Å². The van der Waals surface area contributed by atoms with Gasteiger partial charge in [0.05, 0.1) is 39.9 Å². The van der Waals surface area contributed by atoms with Crippen molar-refractivity contribution in [2.75, 3.05) is 40.9 Å². The molecule has 0 aromatic heterocycles. The van der Waals surface area contributed by atoms with Crippen LogP contribution >= 0.6 is 7.82 Å². The summed E-state index contributed by atoms with van der Waals surface area (Å²) in [6.07, 6.45) is 70.6. The number of hydrogen-bond acceptors (Lipinski definition) is 6. The Balaban J connectivity index is 4.13. The molecule has 9 heteroatoms. The maximum Gasteiger partial charge on any atom is 0.268 e. The summed E-state index contributed by atoms with van der Waals surface area (Å²) in [6.45, 7) is 4.66. The number of aliphatic hydroxyl groups is 1. The molecule has 1 amide bonds. The third-order valence-electron chi connectivity index (χ3n) is 13.8. The normalized spacial score (nSPS) is 14.2. The predicted octanol–water partition coefficient (Wildman–Crippen LogP) is 18.1. The van der Waals surface area contributed by atoms with Crippen molar-refractivity contribution in [3.05, 3.63) is 48.6 Å². The summed E-state index contributed by atoms with van der Waals surface area (Å²) in [6, 6.07) is -0.904. The topological polar surface area (TPSA) is 108 Å². The van der Waals surface area contributed by atoms with Crippen molar-refractivity contribution >= 4 is 13.7 Å². The summed E-state index contributed by atoms with van der Waals surface area (Å²) < 4.78 is 23.3. The molecule has 2 N–H and O–H groups in total. The van der Waals surface area contributed by atoms with Crippen molar-refractivity contribution in [1.29, 1.82) is 0 Å². The first-order valence-electron chi connectivity index (χ1n) is 30.5. The standard InChI is InChI=1S/C62H119N2O6P/c1-6-8-10-12-14-16-18-20-22-24-26-27-28-29-30-31-32-33-34-35-36-37-38-40-42-44-46-48-50-52-54-56-62(66)63-60(59-70-71(67,68)69-58-57-64(3,4)5)61(65)55-53-51-49-47-45-43-41-39-25-23-21-19-17-15-13-11-9-7-2/h26-27,29-30,45,47,53,55,60-61,65H,6-25,28,31-44,46,48-52,54,56-59H2,1-5H3,(H-,63,66,67,68)/b27-26-,30-29-,47-45+,55-53+. The van der Waals surface area contributed by atoms with Gasteiger partial charge in [-0.05, 0) is 64.2 Å². The average Bonchev–Trinajstić information content (AvgIpc) is 3.33. The minimum absolute atomic E-state index is 0.00626. The van der Waals surface area contributed by atoms with Crippen LogP contribution in [0.15, 0.2) is 48.6 Å². The Morgan fingerprint density at radius 3 is 1.23 bits per heavy atom. The van der Waals surface area contributed by atoms with E-state index in [-0.39, 0.29) is 12.5 Å². The fourth-order valence-electron chi connectivity index (χ4n) is 8.97. The maximum atomic E-state index is 13.0. The Bertz CT molecular complexity index is 1290. The zero-order valence-corrected chi connectivity index (χ0v) is 48.6. The second-order valence-electron chi connectivity index (χ2n) is 22.0. The van der Waals surface area contributed by atoms with Gasteiger partial charge in [0.25, 0.3) is 7.82 Å². The monoisotopic (exact) mass is 1020 g/mol. The molecule has 0 aromatic carbocycles. The van der Waals surface area contributed by atoms with E-state index in [9.17, 15) is 19.4 Å². The Kier molecular flexibility index (Phi) is 52.1. The van der Waals surface area contributed by atoms with Crippen molar-refractivity contribution in [3.63, 3.8) is 0 Å². The van der Waals surface area contributed by atoms with Gasteiger partial charge in [-0.2, -0.15) is 0 Å². The van der Waals surface area contributed by atoms with Gasteiger partial charge >= 0.3 is 0 Å². The van der Waals surface area contributed by atoms with E-state index >= 15 is 0 Å². The second-order valence-corrected chi connectivity index (χ2v) is 23.5. The van der Waals surface area contributed by atoms with E-state index in [0.29, 0.717) is 17.4 Å². The van der Waals surface area contributed by atoms with Gasteiger partial charge in [-0.1, -0.05) is 268 Å². The molecule has 418 valence electrons. The number of phosphoric acid groups is 1. The predicted molar refractivity (Wildman–Crippen MR) is 307 cm³/mol. The third kappa shape index (κ3) is 56.0. The number of hydrogen-bond donors (Lipinski definition) is 2. The molecule has 0 saturated heterocycles. The van der Waals surface area contributed by atoms with E-state index in [1.165, 1.54) is 225 Å². The highest BCUT2D eigenvalue weighted by atomic mass is 31.2. The highest BCUT2D eigenvalue weighted by Crippen LogP contribution is 2.38. The SMILES string of the molecule is CCCCCCCCCCC/C=C\C/C=C\CCCCCCCCCCCCCCCCCC(=O)NC(COP(=O)([O-])OCC[N+](C)(C)C)C(O)/C=C/CC/C=C/CCCCCCCCCCCCCC. The van der Waals surface area contributed by atoms with E-state index in [1.54, 1.807) is 6.08 Å². The molecule has 0 aromatic rings. The molecule has 0 aliphatic heterocycles. The number of rotatable bonds is 56. The lowest BCUT2D eigenvalue weighted by Crippen LogP contribution is -2.45. The van der Waals surface area contributed by atoms with Crippen LogP contribution in [0.1, 0.15) is 290 Å². The van der Waals surface area contributed by atoms with Crippen molar-refractivity contribution in [1.82, 2.24) is 5.32 Å². The molecule has 0 saturated carbocycles. The molecule has 3 atom stereocenters. The quantitative estimate of drug-likeness (QED) is 0.0272. The van der Waals surface area contributed by atoms with Crippen LogP contribution < -0.4 is 10.2 Å². The van der Waals surface area contributed by atoms with Crippen LogP contribution in [0.5, 0.6) is 0 Å². The van der Waals surface area contributed by atoms with Crippen molar-refractivity contribution < 1.29 is 32.9 Å². The molecular weight excluding hydrogens is 900 g/mol. The van der Waals surface area contributed by atoms with Crippen LogP contribution in [-0.4, -0.2) is 68.5 Å². The van der Waals surface area contributed by atoms with E-state index in [2.05, 4.69) is 55.6 Å². The van der Waals surface area contributed by atoms with Crippen LogP contribution in [0.2, 0.25) is 0 Å². The lowest BCUT2D eigenvalue weighted by Gasteiger charge is -2.29. The summed E-state index contributed by atoms with van der Waals surface area (Å²) in [5.74, 6) is -0.205. The Morgan fingerprint density at radius 2 is 0.831 bits per heavy atom. The molecule has 0 radical (unpaired) electrons. The van der Waals surface area contributed by atoms with E-state index in [1.807, 2.05) is 27.2 Å². The molecule has 3 unspecified atom stereocenters. The highest BCUT2D eigenvalue weighted by molar-refractivity contribution is 7.45. The molecule has 71 heavy (non-hydrogen) atoms. The van der Waals surface area contributed by atoms with Gasteiger partial charge in [0.1, 0.15) is 13.2 Å². The summed E-state index contributed by atoms with van der Waals surface area (Å²) in [7, 11) is 1.25. The number of quaternary nitrogens is 1. The van der Waals surface area contributed by atoms with Crippen molar-refractivity contribution in [2.24, 2.45) is 0 Å². The summed E-state index contributed by atoms with van der Waals surface area (Å²) in [5, 5.41) is 13.9. The maximum absolute atomic E-state index is 13.0. The Hall–Kier alpha value is -1.54. The van der Waals surface area contributed by atoms with Crippen molar-refractivity contribution in [3.8, 4) is 0 Å². The minimum atomic E-state index is -4.61. The number of nitrogens with zero attached hydrogens (tertiary/aromatic N) is 1. The number of phosphoric ester groups is 1. The van der Waals surface area contributed by atoms with E-state index in [0.717, 1.165) is 44.9 Å². The van der Waals surface area contributed by atoms with E-state index in [4.69, 9.17) is 9.05 Å². The molecule has 0 rings (SSSR count). The Labute approximate surface area is 441 Å². The number of unbranched alkanes of at least 4 members (excludes halogenated alkanes) is 37. The number of amides is 1. The first-order valence-corrected chi connectivity index (χ1v) is 32.0. The van der Waals surface area contributed by atoms with E-state index < -0.39 is 26.6 Å². The van der Waals surface area contributed by atoms with Gasteiger partial charge in [-0.25, -0.2) is 0 Å². The number of nitrogens with one attached hydrogen (secondary N) is 1. The second kappa shape index (κ2) is 53.3. The fraction of sp³-hybridized carbons (Fsp3) is 0.855. The fourth-order valence-corrected chi connectivity index (χ4v) is 9.69. The molecule has 0 bridgehead atoms. The first-order chi connectivity index (χ1) is 34.5. The van der Waals surface area contributed by atoms with Gasteiger partial charge in [-0.3, -0.25) is 9.36 Å². The number of aliphatic hydroxyl groups excluding tert-OH is 1. The van der Waals surface area contributed by atoms with Crippen LogP contribution in [-0.2, 0) is 18.4 Å². The van der Waals surface area contributed by atoms with Crippen LogP contribution in [0.3, 0.4) is 0 Å². The van der Waals surface area contributed by atoms with Crippen LogP contribution in [0.4, 0.5) is 0 Å². The molecule has 8 nitrogen and oxygen atoms in total. The zero-order valence-electron chi connectivity index (χ0n) is 47.7. The molecular formula is C62H119N2O6P. The lowest BCUT2D eigenvalue weighted by atomic mass is 10.0. The Morgan fingerprint density at radius 1 is 0.493 bits per heavy atom. The molecule has 0 aliphatic carbocycles. The minimum Gasteiger partial charge on any atom is -0.756 e. The number of likely N-dealkylation sites (N-methyl/N-ethyl adjacent to an activating group) is 1. The number of allylic oxidation sites excluding steroid dienone is 7. The summed E-state index contributed by atoms with van der Waals surface area (Å²) in [5.41, 5.74) is 0. The summed E-state index contributed by atoms with van der Waals surface area (Å²) >= 11 is 0. The average molecular weight is 1020 g/mol. The van der Waals surface area contributed by atoms with Gasteiger partial charge < -0.3 is 28.8 Å². The lowest BCUT2D eigenvalue weighted by molar-refractivity contribution is -0.870. The van der Waals surface area contributed by atoms with Gasteiger partial charge in [-0.15, -0.1) is 0 Å². The van der Waals surface area contributed by atoms with Crippen LogP contribution in [0.25, 0.3) is 0 Å². The van der Waals surface area contributed by atoms with Crippen molar-refractivity contribution in [2.45, 2.75) is 302 Å². The smallest absolute Gasteiger partial charge is 0.268 e.